The summed E-state index contributed by atoms with van der Waals surface area (Å²) in [5, 5.41) is 0. The van der Waals surface area contributed by atoms with Crippen molar-refractivity contribution in [2.75, 3.05) is 0 Å². The van der Waals surface area contributed by atoms with Gasteiger partial charge < -0.3 is 4.74 Å². The summed E-state index contributed by atoms with van der Waals surface area (Å²) in [6.07, 6.45) is 9.23. The summed E-state index contributed by atoms with van der Waals surface area (Å²) in [6.45, 7) is 7.05. The quantitative estimate of drug-likeness (QED) is 0.653. The van der Waals surface area contributed by atoms with Crippen LogP contribution in [-0.4, -0.2) is 12.2 Å². The van der Waals surface area contributed by atoms with E-state index >= 15 is 0 Å². The van der Waals surface area contributed by atoms with Crippen LogP contribution >= 0.6 is 0 Å². The first-order valence-electron chi connectivity index (χ1n) is 6.21. The van der Waals surface area contributed by atoms with Crippen LogP contribution in [0.1, 0.15) is 59.3 Å². The summed E-state index contributed by atoms with van der Waals surface area (Å²) >= 11 is 0. The molecule has 2 fully saturated rings. The number of ether oxygens (including phenoxy) is 1. The minimum atomic E-state index is 0.496. The monoisotopic (exact) mass is 196 g/mol. The van der Waals surface area contributed by atoms with Crippen molar-refractivity contribution in [3.63, 3.8) is 0 Å². The van der Waals surface area contributed by atoms with Crippen LogP contribution in [0.3, 0.4) is 0 Å². The Morgan fingerprint density at radius 3 is 2.00 bits per heavy atom. The van der Waals surface area contributed by atoms with Crippen LogP contribution in [-0.2, 0) is 4.74 Å². The summed E-state index contributed by atoms with van der Waals surface area (Å²) in [5.41, 5.74) is 0.496. The first kappa shape index (κ1) is 10.5. The van der Waals surface area contributed by atoms with Gasteiger partial charge in [0.05, 0.1) is 12.2 Å². The van der Waals surface area contributed by atoms with Gasteiger partial charge in [0.1, 0.15) is 0 Å². The summed E-state index contributed by atoms with van der Waals surface area (Å²) in [6, 6.07) is 0. The highest BCUT2D eigenvalue weighted by atomic mass is 16.5. The molecule has 0 aromatic carbocycles. The topological polar surface area (TPSA) is 9.23 Å². The molecule has 2 aliphatic rings. The van der Waals surface area contributed by atoms with Crippen molar-refractivity contribution in [1.82, 2.24) is 0 Å². The molecule has 0 spiro atoms. The first-order valence-corrected chi connectivity index (χ1v) is 6.21. The fourth-order valence-electron chi connectivity index (χ4n) is 2.68. The van der Waals surface area contributed by atoms with E-state index in [1.165, 1.54) is 38.5 Å². The van der Waals surface area contributed by atoms with Gasteiger partial charge in [-0.25, -0.2) is 0 Å². The zero-order chi connectivity index (χ0) is 10.2. The van der Waals surface area contributed by atoms with Gasteiger partial charge in [0.2, 0.25) is 0 Å². The molecule has 0 saturated heterocycles. The number of rotatable bonds is 2. The lowest BCUT2D eigenvalue weighted by atomic mass is 9.67. The Bertz CT molecular complexity index is 180. The normalized spacial score (nSPS) is 34.5. The third-order valence-corrected chi connectivity index (χ3v) is 4.01. The molecular formula is C13H24O. The largest absolute Gasteiger partial charge is 0.375 e. The van der Waals surface area contributed by atoms with Crippen LogP contribution in [0.5, 0.6) is 0 Å². The second-order valence-electron chi connectivity index (χ2n) is 6.20. The molecule has 0 aliphatic heterocycles. The molecule has 2 saturated carbocycles. The van der Waals surface area contributed by atoms with Crippen LogP contribution in [0.4, 0.5) is 0 Å². The zero-order valence-electron chi connectivity index (χ0n) is 9.88. The Labute approximate surface area is 88.2 Å². The van der Waals surface area contributed by atoms with E-state index in [1.54, 1.807) is 0 Å². The van der Waals surface area contributed by atoms with Gasteiger partial charge in [-0.2, -0.15) is 0 Å². The molecule has 1 nitrogen and oxygen atoms in total. The lowest BCUT2D eigenvalue weighted by molar-refractivity contribution is -0.0955. The van der Waals surface area contributed by atoms with E-state index < -0.39 is 0 Å². The van der Waals surface area contributed by atoms with E-state index in [0.717, 1.165) is 5.92 Å². The first-order chi connectivity index (χ1) is 6.55. The molecule has 0 N–H and O–H groups in total. The smallest absolute Gasteiger partial charge is 0.0584 e. The average Bonchev–Trinajstić information content (AvgIpc) is 2.44. The summed E-state index contributed by atoms with van der Waals surface area (Å²) < 4.78 is 6.07. The van der Waals surface area contributed by atoms with Gasteiger partial charge in [-0.1, -0.05) is 33.6 Å². The summed E-state index contributed by atoms with van der Waals surface area (Å²) in [7, 11) is 0. The predicted molar refractivity (Wildman–Crippen MR) is 59.3 cm³/mol. The second kappa shape index (κ2) is 3.84. The predicted octanol–water partition coefficient (Wildman–Crippen LogP) is 3.77. The van der Waals surface area contributed by atoms with Gasteiger partial charge in [0.15, 0.2) is 0 Å². The van der Waals surface area contributed by atoms with Gasteiger partial charge in [-0.15, -0.1) is 0 Å². The van der Waals surface area contributed by atoms with Crippen LogP contribution in [0.15, 0.2) is 0 Å². The van der Waals surface area contributed by atoms with Gasteiger partial charge in [0, 0.05) is 0 Å². The van der Waals surface area contributed by atoms with E-state index in [9.17, 15) is 0 Å². The van der Waals surface area contributed by atoms with Crippen LogP contribution < -0.4 is 0 Å². The fraction of sp³-hybridized carbons (Fsp3) is 1.00. The molecule has 0 atom stereocenters. The van der Waals surface area contributed by atoms with Crippen molar-refractivity contribution in [1.29, 1.82) is 0 Å². The maximum Gasteiger partial charge on any atom is 0.0584 e. The molecule has 2 aliphatic carbocycles. The van der Waals surface area contributed by atoms with Crippen molar-refractivity contribution in [3.8, 4) is 0 Å². The van der Waals surface area contributed by atoms with Crippen molar-refractivity contribution in [3.05, 3.63) is 0 Å². The summed E-state index contributed by atoms with van der Waals surface area (Å²) in [5.74, 6) is 0.897. The SMILES string of the molecule is CC(C)(C)C1CC(OC2CCCC2)C1. The van der Waals surface area contributed by atoms with Gasteiger partial charge in [0.25, 0.3) is 0 Å². The van der Waals surface area contributed by atoms with E-state index in [4.69, 9.17) is 4.74 Å². The Balaban J connectivity index is 1.67. The zero-order valence-corrected chi connectivity index (χ0v) is 9.88. The lowest BCUT2D eigenvalue weighted by Gasteiger charge is -2.44. The Kier molecular flexibility index (Phi) is 2.88. The highest BCUT2D eigenvalue weighted by molar-refractivity contribution is 4.88. The Hall–Kier alpha value is -0.0400. The molecule has 1 heteroatoms. The fourth-order valence-corrected chi connectivity index (χ4v) is 2.68. The highest BCUT2D eigenvalue weighted by Crippen LogP contribution is 2.43. The van der Waals surface area contributed by atoms with E-state index in [2.05, 4.69) is 20.8 Å². The minimum Gasteiger partial charge on any atom is -0.375 e. The Morgan fingerprint density at radius 2 is 1.50 bits per heavy atom. The molecule has 0 unspecified atom stereocenters. The molecule has 0 bridgehead atoms. The van der Waals surface area contributed by atoms with Crippen LogP contribution in [0.2, 0.25) is 0 Å². The van der Waals surface area contributed by atoms with Crippen molar-refractivity contribution >= 4 is 0 Å². The second-order valence-corrected chi connectivity index (χ2v) is 6.20. The summed E-state index contributed by atoms with van der Waals surface area (Å²) in [4.78, 5) is 0. The molecule has 0 amide bonds. The van der Waals surface area contributed by atoms with Gasteiger partial charge in [-0.05, 0) is 37.0 Å². The molecule has 14 heavy (non-hydrogen) atoms. The maximum atomic E-state index is 6.07. The molecule has 82 valence electrons. The third-order valence-electron chi connectivity index (χ3n) is 4.01. The van der Waals surface area contributed by atoms with E-state index in [0.29, 0.717) is 17.6 Å². The van der Waals surface area contributed by atoms with Gasteiger partial charge >= 0.3 is 0 Å². The van der Waals surface area contributed by atoms with Crippen LogP contribution in [0, 0.1) is 11.3 Å². The van der Waals surface area contributed by atoms with E-state index in [-0.39, 0.29) is 0 Å². The van der Waals surface area contributed by atoms with Crippen molar-refractivity contribution < 1.29 is 4.74 Å². The average molecular weight is 196 g/mol. The standard InChI is InChI=1S/C13H24O/c1-13(2,3)10-8-12(9-10)14-11-6-4-5-7-11/h10-12H,4-9H2,1-3H3. The number of hydrogen-bond acceptors (Lipinski definition) is 1. The molecule has 0 aromatic heterocycles. The molecular weight excluding hydrogens is 172 g/mol. The maximum absolute atomic E-state index is 6.07. The lowest BCUT2D eigenvalue weighted by Crippen LogP contribution is -2.40. The Morgan fingerprint density at radius 1 is 0.929 bits per heavy atom. The molecule has 2 rings (SSSR count). The van der Waals surface area contributed by atoms with Crippen molar-refractivity contribution in [2.24, 2.45) is 11.3 Å². The highest BCUT2D eigenvalue weighted by Gasteiger charge is 2.38. The molecule has 0 heterocycles. The van der Waals surface area contributed by atoms with E-state index in [1.807, 2.05) is 0 Å². The minimum absolute atomic E-state index is 0.496. The molecule has 0 radical (unpaired) electrons. The third kappa shape index (κ3) is 2.31. The van der Waals surface area contributed by atoms with Gasteiger partial charge in [-0.3, -0.25) is 0 Å². The number of hydrogen-bond donors (Lipinski definition) is 0. The molecule has 0 aromatic rings. The van der Waals surface area contributed by atoms with Crippen LogP contribution in [0.25, 0.3) is 0 Å². The van der Waals surface area contributed by atoms with Crippen molar-refractivity contribution in [2.45, 2.75) is 71.5 Å².